The molecule has 0 bridgehead atoms. The monoisotopic (exact) mass is 1100 g/mol. The number of ether oxygens (including phenoxy) is 3. The van der Waals surface area contributed by atoms with Gasteiger partial charge in [-0.25, -0.2) is 0 Å². The lowest BCUT2D eigenvalue weighted by Gasteiger charge is -2.18. The highest BCUT2D eigenvalue weighted by Gasteiger charge is 2.28. The van der Waals surface area contributed by atoms with E-state index in [4.69, 9.17) is 14.2 Å². The number of aryl methyl sites for hydroxylation is 1. The molecule has 0 fully saturated rings. The molecule has 0 radical (unpaired) electrons. The third-order valence-electron chi connectivity index (χ3n) is 16.7. The fraction of sp³-hybridized carbons (Fsp3) is 0.795. The molecule has 2 aromatic rings. The highest BCUT2D eigenvalue weighted by atomic mass is 32.2. The molecule has 0 saturated carbocycles. The van der Waals surface area contributed by atoms with E-state index < -0.39 is 0 Å². The van der Waals surface area contributed by atoms with E-state index in [2.05, 4.69) is 58.0 Å². The summed E-state index contributed by atoms with van der Waals surface area (Å²) in [6, 6.07) is 10.5. The van der Waals surface area contributed by atoms with E-state index in [9.17, 15) is 4.79 Å². The van der Waals surface area contributed by atoms with Crippen LogP contribution in [0.4, 0.5) is 0 Å². The molecular formula is C73H126O4S. The van der Waals surface area contributed by atoms with E-state index in [0.717, 1.165) is 76.7 Å². The fourth-order valence-corrected chi connectivity index (χ4v) is 12.7. The van der Waals surface area contributed by atoms with Gasteiger partial charge >= 0.3 is 0 Å². The van der Waals surface area contributed by atoms with Crippen LogP contribution in [-0.2, 0) is 6.42 Å². The van der Waals surface area contributed by atoms with Crippen LogP contribution in [0.3, 0.4) is 0 Å². The minimum absolute atomic E-state index is 0.128. The van der Waals surface area contributed by atoms with Crippen LogP contribution >= 0.6 is 11.8 Å². The van der Waals surface area contributed by atoms with Gasteiger partial charge in [-0.2, -0.15) is 0 Å². The molecule has 0 N–H and O–H groups in total. The number of carbonyl (C=O) groups is 1. The van der Waals surface area contributed by atoms with Crippen molar-refractivity contribution >= 4 is 23.6 Å². The Labute approximate surface area is 489 Å². The Hall–Kier alpha value is -2.40. The summed E-state index contributed by atoms with van der Waals surface area (Å²) >= 11 is 1.65. The lowest BCUT2D eigenvalue weighted by Crippen LogP contribution is -2.07. The molecule has 1 aliphatic rings. The lowest BCUT2D eigenvalue weighted by atomic mass is 10.0. The Kier molecular flexibility index (Phi) is 46.1. The molecule has 1 heterocycles. The third kappa shape index (κ3) is 35.5. The fourth-order valence-electron chi connectivity index (χ4n) is 11.5. The van der Waals surface area contributed by atoms with Gasteiger partial charge < -0.3 is 14.2 Å². The van der Waals surface area contributed by atoms with Crippen molar-refractivity contribution in [3.05, 3.63) is 51.9 Å². The maximum Gasteiger partial charge on any atom is 0.203 e. The van der Waals surface area contributed by atoms with E-state index in [1.54, 1.807) is 11.8 Å². The smallest absolute Gasteiger partial charge is 0.203 e. The van der Waals surface area contributed by atoms with Gasteiger partial charge in [0.2, 0.25) is 11.5 Å². The third-order valence-corrected chi connectivity index (χ3v) is 17.9. The van der Waals surface area contributed by atoms with E-state index >= 15 is 0 Å². The zero-order chi connectivity index (χ0) is 55.5. The Morgan fingerprint density at radius 1 is 0.359 bits per heavy atom. The Bertz CT molecular complexity index is 1660. The van der Waals surface area contributed by atoms with Crippen molar-refractivity contribution in [1.29, 1.82) is 0 Å². The zero-order valence-electron chi connectivity index (χ0n) is 52.2. The van der Waals surface area contributed by atoms with Crippen LogP contribution in [0, 0.1) is 0 Å². The Balaban J connectivity index is 1.57. The largest absolute Gasteiger partial charge is 0.490 e. The van der Waals surface area contributed by atoms with Gasteiger partial charge in [-0.15, -0.1) is 0 Å². The highest BCUT2D eigenvalue weighted by Crippen LogP contribution is 2.45. The van der Waals surface area contributed by atoms with Crippen molar-refractivity contribution in [3.8, 4) is 17.2 Å². The van der Waals surface area contributed by atoms with Crippen molar-refractivity contribution in [2.45, 2.75) is 360 Å². The first-order valence-corrected chi connectivity index (χ1v) is 35.6. The van der Waals surface area contributed by atoms with Crippen molar-refractivity contribution < 1.29 is 19.0 Å². The molecule has 4 nitrogen and oxygen atoms in total. The van der Waals surface area contributed by atoms with Gasteiger partial charge in [0.25, 0.3) is 0 Å². The molecule has 0 aromatic heterocycles. The van der Waals surface area contributed by atoms with Gasteiger partial charge in [0.15, 0.2) is 11.5 Å². The number of benzene rings is 2. The molecule has 448 valence electrons. The molecule has 0 atom stereocenters. The van der Waals surface area contributed by atoms with E-state index in [1.807, 2.05) is 6.07 Å². The molecule has 0 unspecified atom stereocenters. The summed E-state index contributed by atoms with van der Waals surface area (Å²) in [5, 5.41) is 0. The van der Waals surface area contributed by atoms with Crippen LogP contribution < -0.4 is 14.2 Å². The van der Waals surface area contributed by atoms with Crippen molar-refractivity contribution in [2.24, 2.45) is 0 Å². The van der Waals surface area contributed by atoms with Gasteiger partial charge in [-0.05, 0) is 67.5 Å². The number of hydrogen-bond acceptors (Lipinski definition) is 5. The summed E-state index contributed by atoms with van der Waals surface area (Å²) in [6.07, 6.45) is 70.4. The summed E-state index contributed by atoms with van der Waals surface area (Å²) in [5.41, 5.74) is 3.09. The van der Waals surface area contributed by atoms with Gasteiger partial charge in [0.05, 0.1) is 24.7 Å². The first-order chi connectivity index (χ1) is 38.6. The van der Waals surface area contributed by atoms with Crippen LogP contribution in [0.2, 0.25) is 0 Å². The SMILES string of the molecule is CCCCCCCCCCCCCCCCCCOc1cc(C=C2Sc3c(CCCC)cccc3C2=O)cc(OCCCCCCCCCCCCCCCCCC)c1OCCCCCCCCCCCCCCCCCC. The first kappa shape index (κ1) is 69.9. The minimum Gasteiger partial charge on any atom is -0.490 e. The number of fused-ring (bicyclic) bond motifs is 1. The topological polar surface area (TPSA) is 44.8 Å². The number of allylic oxidation sites excluding steroid dienone is 1. The molecule has 0 spiro atoms. The maximum atomic E-state index is 14.0. The predicted molar refractivity (Wildman–Crippen MR) is 345 cm³/mol. The number of thioether (sulfide) groups is 1. The second kappa shape index (κ2) is 51.5. The number of unbranched alkanes of at least 4 members (excludes halogenated alkanes) is 46. The number of hydrogen-bond donors (Lipinski definition) is 0. The zero-order valence-corrected chi connectivity index (χ0v) is 53.0. The molecule has 1 aliphatic heterocycles. The summed E-state index contributed by atoms with van der Waals surface area (Å²) in [7, 11) is 0. The molecule has 0 aliphatic carbocycles. The minimum atomic E-state index is 0.128. The maximum absolute atomic E-state index is 14.0. The van der Waals surface area contributed by atoms with Crippen molar-refractivity contribution in [2.75, 3.05) is 19.8 Å². The number of carbonyl (C=O) groups excluding carboxylic acids is 1. The average Bonchev–Trinajstić information content (AvgIpc) is 3.88. The number of rotatable bonds is 58. The van der Waals surface area contributed by atoms with Gasteiger partial charge in [-0.1, -0.05) is 347 Å². The second-order valence-electron chi connectivity index (χ2n) is 24.1. The van der Waals surface area contributed by atoms with Crippen molar-refractivity contribution in [3.63, 3.8) is 0 Å². The normalized spacial score (nSPS) is 12.8. The summed E-state index contributed by atoms with van der Waals surface area (Å²) in [5.74, 6) is 2.41. The van der Waals surface area contributed by atoms with Crippen molar-refractivity contribution in [1.82, 2.24) is 0 Å². The molecule has 0 saturated heterocycles. The van der Waals surface area contributed by atoms with Gasteiger partial charge in [-0.3, -0.25) is 4.79 Å². The van der Waals surface area contributed by atoms with Gasteiger partial charge in [0.1, 0.15) is 0 Å². The molecule has 5 heteroatoms. The Morgan fingerprint density at radius 2 is 0.654 bits per heavy atom. The summed E-state index contributed by atoms with van der Waals surface area (Å²) in [4.78, 5) is 15.9. The second-order valence-corrected chi connectivity index (χ2v) is 25.2. The summed E-state index contributed by atoms with van der Waals surface area (Å²) < 4.78 is 20.3. The van der Waals surface area contributed by atoms with Crippen LogP contribution in [0.15, 0.2) is 40.1 Å². The molecule has 2 aromatic carbocycles. The van der Waals surface area contributed by atoms with Crippen LogP contribution in [0.25, 0.3) is 6.08 Å². The lowest BCUT2D eigenvalue weighted by molar-refractivity contribution is 0.104. The van der Waals surface area contributed by atoms with E-state index in [0.29, 0.717) is 19.8 Å². The van der Waals surface area contributed by atoms with Gasteiger partial charge in [0, 0.05) is 10.5 Å². The predicted octanol–water partition coefficient (Wildman–Crippen LogP) is 25.3. The molecular weight excluding hydrogens is 973 g/mol. The van der Waals surface area contributed by atoms with Crippen LogP contribution in [-0.4, -0.2) is 25.6 Å². The van der Waals surface area contributed by atoms with E-state index in [1.165, 1.54) is 295 Å². The molecule has 78 heavy (non-hydrogen) atoms. The van der Waals surface area contributed by atoms with Crippen LogP contribution in [0.5, 0.6) is 17.2 Å². The number of ketones is 1. The van der Waals surface area contributed by atoms with Crippen LogP contribution in [0.1, 0.15) is 370 Å². The van der Waals surface area contributed by atoms with E-state index in [-0.39, 0.29) is 5.78 Å². The Morgan fingerprint density at radius 3 is 0.974 bits per heavy atom. The first-order valence-electron chi connectivity index (χ1n) is 34.7. The standard InChI is InChI=1S/C73H126O4S/c1-5-9-13-16-19-22-25-28-31-34-37-40-43-46-49-52-59-75-68-62-65(64-70-71(74)67-58-55-57-66(56-12-8-4)73(67)78-70)63-69(76-60-53-50-47-44-41-38-35-32-29-26-23-20-17-14-10-6-2)72(68)77-61-54-51-48-45-42-39-36-33-30-27-24-21-18-15-11-7-3/h55,57-58,62-64H,5-54,56,59-61H2,1-4H3. The average molecular weight is 1100 g/mol. The quantitative estimate of drug-likeness (QED) is 0.0488. The highest BCUT2D eigenvalue weighted by molar-refractivity contribution is 8.05. The summed E-state index contributed by atoms with van der Waals surface area (Å²) in [6.45, 7) is 11.1. The molecule has 3 rings (SSSR count). The number of Topliss-reactive ketones (excluding diaryl/α,β-unsaturated/α-hetero) is 1. The molecule has 0 amide bonds.